The van der Waals surface area contributed by atoms with Gasteiger partial charge in [-0.1, -0.05) is 43.3 Å². The molecule has 0 spiro atoms. The molecule has 1 amide bonds. The highest BCUT2D eigenvalue weighted by Crippen LogP contribution is 2.22. The summed E-state index contributed by atoms with van der Waals surface area (Å²) in [6, 6.07) is 16.1. The average Bonchev–Trinajstić information content (AvgIpc) is 3.43. The molecule has 3 rings (SSSR count). The van der Waals surface area contributed by atoms with Crippen LogP contribution in [0.1, 0.15) is 41.6 Å². The maximum absolute atomic E-state index is 12.4. The Labute approximate surface area is 148 Å². The lowest BCUT2D eigenvalue weighted by Crippen LogP contribution is -2.28. The highest BCUT2D eigenvalue weighted by molar-refractivity contribution is 7.89. The Morgan fingerprint density at radius 2 is 1.84 bits per heavy atom. The van der Waals surface area contributed by atoms with Crippen molar-refractivity contribution in [2.24, 2.45) is 0 Å². The van der Waals surface area contributed by atoms with Crippen LogP contribution in [0.4, 0.5) is 0 Å². The Bertz CT molecular complexity index is 846. The summed E-state index contributed by atoms with van der Waals surface area (Å²) in [5.74, 6) is -0.0974. The van der Waals surface area contributed by atoms with Crippen molar-refractivity contribution in [1.82, 2.24) is 10.0 Å². The summed E-state index contributed by atoms with van der Waals surface area (Å²) in [4.78, 5) is 12.5. The van der Waals surface area contributed by atoms with Gasteiger partial charge in [0, 0.05) is 18.2 Å². The normalized spacial score (nSPS) is 15.6. The quantitative estimate of drug-likeness (QED) is 0.799. The van der Waals surface area contributed by atoms with E-state index in [4.69, 9.17) is 0 Å². The summed E-state index contributed by atoms with van der Waals surface area (Å²) in [6.07, 6.45) is 1.74. The number of benzene rings is 2. The van der Waals surface area contributed by atoms with Crippen LogP contribution in [0.3, 0.4) is 0 Å². The van der Waals surface area contributed by atoms with Crippen LogP contribution in [0.2, 0.25) is 0 Å². The Kier molecular flexibility index (Phi) is 5.20. The van der Waals surface area contributed by atoms with E-state index in [2.05, 4.69) is 10.0 Å². The van der Waals surface area contributed by atoms with Crippen LogP contribution in [0, 0.1) is 0 Å². The first-order valence-corrected chi connectivity index (χ1v) is 9.89. The van der Waals surface area contributed by atoms with E-state index < -0.39 is 10.0 Å². The number of nitrogens with one attached hydrogen (secondary N) is 2. The van der Waals surface area contributed by atoms with E-state index in [-0.39, 0.29) is 22.8 Å². The molecule has 2 aromatic carbocycles. The molecule has 0 aromatic heterocycles. The number of carbonyl (C=O) groups excluding carboxylic acids is 1. The summed E-state index contributed by atoms with van der Waals surface area (Å²) in [6.45, 7) is 2.52. The van der Waals surface area contributed by atoms with Gasteiger partial charge >= 0.3 is 0 Å². The van der Waals surface area contributed by atoms with E-state index in [1.807, 2.05) is 37.3 Å². The third kappa shape index (κ3) is 4.67. The molecule has 2 aromatic rings. The van der Waals surface area contributed by atoms with Gasteiger partial charge in [0.15, 0.2) is 0 Å². The Balaban J connectivity index is 1.65. The lowest BCUT2D eigenvalue weighted by molar-refractivity contribution is 0.0951. The Hall–Kier alpha value is -2.18. The predicted octanol–water partition coefficient (Wildman–Crippen LogP) is 2.66. The molecule has 5 nitrogen and oxygen atoms in total. The summed E-state index contributed by atoms with van der Waals surface area (Å²) in [7, 11) is -3.56. The van der Waals surface area contributed by atoms with Gasteiger partial charge in [0.2, 0.25) is 10.0 Å². The molecule has 1 aliphatic rings. The first-order chi connectivity index (χ1) is 12.0. The number of rotatable bonds is 7. The summed E-state index contributed by atoms with van der Waals surface area (Å²) in [5, 5.41) is 2.87. The predicted molar refractivity (Wildman–Crippen MR) is 97.0 cm³/mol. The van der Waals surface area contributed by atoms with Crippen LogP contribution in [0.25, 0.3) is 0 Å². The molecule has 2 N–H and O–H groups in total. The van der Waals surface area contributed by atoms with Gasteiger partial charge in [0.1, 0.15) is 0 Å². The van der Waals surface area contributed by atoms with Gasteiger partial charge in [-0.2, -0.15) is 0 Å². The second-order valence-corrected chi connectivity index (χ2v) is 8.16. The fourth-order valence-corrected chi connectivity index (χ4v) is 3.89. The van der Waals surface area contributed by atoms with Crippen LogP contribution in [0.15, 0.2) is 59.5 Å². The molecule has 1 atom stereocenters. The van der Waals surface area contributed by atoms with Crippen molar-refractivity contribution in [1.29, 1.82) is 0 Å². The molecule has 0 bridgehead atoms. The van der Waals surface area contributed by atoms with Gasteiger partial charge in [-0.3, -0.25) is 4.79 Å². The first-order valence-electron chi connectivity index (χ1n) is 8.41. The standard InChI is InChI=1S/C19H22N2O3S/c1-14(15-6-3-2-4-7-15)13-20-19(22)16-8-5-9-18(12-16)25(23,24)21-17-10-11-17/h2-9,12,14,17,21H,10-11,13H2,1H3,(H,20,22). The molecule has 0 radical (unpaired) electrons. The second kappa shape index (κ2) is 7.37. The van der Waals surface area contributed by atoms with E-state index >= 15 is 0 Å². The van der Waals surface area contributed by atoms with Gasteiger partial charge in [0.05, 0.1) is 4.90 Å². The third-order valence-electron chi connectivity index (χ3n) is 4.24. The van der Waals surface area contributed by atoms with Crippen molar-refractivity contribution >= 4 is 15.9 Å². The van der Waals surface area contributed by atoms with Gasteiger partial charge in [-0.15, -0.1) is 0 Å². The minimum atomic E-state index is -3.56. The Morgan fingerprint density at radius 3 is 2.52 bits per heavy atom. The van der Waals surface area contributed by atoms with Crippen LogP contribution >= 0.6 is 0 Å². The average molecular weight is 358 g/mol. The van der Waals surface area contributed by atoms with Crippen LogP contribution in [-0.4, -0.2) is 26.9 Å². The molecule has 0 aliphatic heterocycles. The van der Waals surface area contributed by atoms with E-state index in [0.717, 1.165) is 18.4 Å². The van der Waals surface area contributed by atoms with Crippen molar-refractivity contribution in [3.05, 3.63) is 65.7 Å². The largest absolute Gasteiger partial charge is 0.351 e. The summed E-state index contributed by atoms with van der Waals surface area (Å²) in [5.41, 5.74) is 1.49. The third-order valence-corrected chi connectivity index (χ3v) is 5.76. The molecule has 6 heteroatoms. The lowest BCUT2D eigenvalue weighted by Gasteiger charge is -2.13. The second-order valence-electron chi connectivity index (χ2n) is 6.45. The van der Waals surface area contributed by atoms with Gasteiger partial charge < -0.3 is 5.32 Å². The first kappa shape index (κ1) is 17.6. The zero-order valence-electron chi connectivity index (χ0n) is 14.1. The van der Waals surface area contributed by atoms with Crippen molar-refractivity contribution in [3.8, 4) is 0 Å². The lowest BCUT2D eigenvalue weighted by atomic mass is 10.0. The molecular formula is C19H22N2O3S. The van der Waals surface area contributed by atoms with Gasteiger partial charge in [0.25, 0.3) is 5.91 Å². The minimum absolute atomic E-state index is 0.0363. The fraction of sp³-hybridized carbons (Fsp3) is 0.316. The molecule has 1 fully saturated rings. The van der Waals surface area contributed by atoms with Crippen LogP contribution in [-0.2, 0) is 10.0 Å². The van der Waals surface area contributed by atoms with Crippen molar-refractivity contribution < 1.29 is 13.2 Å². The van der Waals surface area contributed by atoms with Crippen molar-refractivity contribution in [2.75, 3.05) is 6.54 Å². The molecule has 1 aliphatic carbocycles. The van der Waals surface area contributed by atoms with E-state index in [1.54, 1.807) is 12.1 Å². The number of hydrogen-bond acceptors (Lipinski definition) is 3. The number of amides is 1. The number of sulfonamides is 1. The number of hydrogen-bond donors (Lipinski definition) is 2. The topological polar surface area (TPSA) is 75.3 Å². The van der Waals surface area contributed by atoms with Gasteiger partial charge in [-0.05, 0) is 42.5 Å². The van der Waals surface area contributed by atoms with E-state index in [9.17, 15) is 13.2 Å². The molecule has 132 valence electrons. The highest BCUT2D eigenvalue weighted by atomic mass is 32.2. The molecule has 0 saturated heterocycles. The van der Waals surface area contributed by atoms with Crippen LogP contribution in [0.5, 0.6) is 0 Å². The molecule has 1 unspecified atom stereocenters. The van der Waals surface area contributed by atoms with Crippen LogP contribution < -0.4 is 10.0 Å². The fourth-order valence-electron chi connectivity index (χ4n) is 2.54. The SMILES string of the molecule is CC(CNC(=O)c1cccc(S(=O)(=O)NC2CC2)c1)c1ccccc1. The monoisotopic (exact) mass is 358 g/mol. The van der Waals surface area contributed by atoms with E-state index in [1.165, 1.54) is 12.1 Å². The summed E-state index contributed by atoms with van der Waals surface area (Å²) >= 11 is 0. The highest BCUT2D eigenvalue weighted by Gasteiger charge is 2.28. The number of carbonyl (C=O) groups is 1. The van der Waals surface area contributed by atoms with E-state index in [0.29, 0.717) is 12.1 Å². The van der Waals surface area contributed by atoms with Crippen molar-refractivity contribution in [2.45, 2.75) is 36.6 Å². The maximum Gasteiger partial charge on any atom is 0.251 e. The van der Waals surface area contributed by atoms with Gasteiger partial charge in [-0.25, -0.2) is 13.1 Å². The maximum atomic E-state index is 12.4. The zero-order chi connectivity index (χ0) is 17.9. The molecule has 0 heterocycles. The smallest absolute Gasteiger partial charge is 0.251 e. The molecule has 25 heavy (non-hydrogen) atoms. The molecule has 1 saturated carbocycles. The zero-order valence-corrected chi connectivity index (χ0v) is 14.9. The minimum Gasteiger partial charge on any atom is -0.351 e. The summed E-state index contributed by atoms with van der Waals surface area (Å²) < 4.78 is 27.2. The Morgan fingerprint density at radius 1 is 1.12 bits per heavy atom. The van der Waals surface area contributed by atoms with Crippen molar-refractivity contribution in [3.63, 3.8) is 0 Å². The molecular weight excluding hydrogens is 336 g/mol.